The SMILES string of the molecule is CCCC(CC(=O)O)Nc1ncnc2sc(C)cc12. The van der Waals surface area contributed by atoms with Crippen LogP contribution in [0.1, 0.15) is 31.1 Å². The number of aliphatic carboxylic acids is 1. The number of fused-ring (bicyclic) bond motifs is 1. The van der Waals surface area contributed by atoms with E-state index in [2.05, 4.69) is 15.3 Å². The van der Waals surface area contributed by atoms with Crippen molar-refractivity contribution in [2.45, 2.75) is 39.2 Å². The van der Waals surface area contributed by atoms with E-state index in [9.17, 15) is 4.79 Å². The van der Waals surface area contributed by atoms with E-state index in [1.807, 2.05) is 19.9 Å². The number of thiophene rings is 1. The minimum atomic E-state index is -0.794. The fourth-order valence-corrected chi connectivity index (χ4v) is 2.92. The van der Waals surface area contributed by atoms with Gasteiger partial charge in [-0.3, -0.25) is 4.79 Å². The van der Waals surface area contributed by atoms with Crippen molar-refractivity contribution in [1.82, 2.24) is 9.97 Å². The lowest BCUT2D eigenvalue weighted by Gasteiger charge is -2.16. The molecular weight excluding hydrogens is 262 g/mol. The summed E-state index contributed by atoms with van der Waals surface area (Å²) in [4.78, 5) is 21.4. The molecule has 2 rings (SSSR count). The van der Waals surface area contributed by atoms with Gasteiger partial charge < -0.3 is 10.4 Å². The van der Waals surface area contributed by atoms with Gasteiger partial charge >= 0.3 is 5.97 Å². The molecular formula is C13H17N3O2S. The van der Waals surface area contributed by atoms with E-state index >= 15 is 0 Å². The first-order valence-electron chi connectivity index (χ1n) is 6.29. The maximum absolute atomic E-state index is 10.9. The van der Waals surface area contributed by atoms with Crippen LogP contribution in [0.5, 0.6) is 0 Å². The molecule has 0 fully saturated rings. The number of nitrogens with one attached hydrogen (secondary N) is 1. The topological polar surface area (TPSA) is 75.1 Å². The molecule has 2 aromatic heterocycles. The van der Waals surface area contributed by atoms with Crippen LogP contribution in [-0.2, 0) is 4.79 Å². The number of anilines is 1. The van der Waals surface area contributed by atoms with Gasteiger partial charge in [0.25, 0.3) is 0 Å². The fraction of sp³-hybridized carbons (Fsp3) is 0.462. The molecule has 0 aliphatic rings. The predicted molar refractivity (Wildman–Crippen MR) is 76.7 cm³/mol. The summed E-state index contributed by atoms with van der Waals surface area (Å²) in [7, 11) is 0. The van der Waals surface area contributed by atoms with E-state index in [0.717, 1.165) is 28.9 Å². The van der Waals surface area contributed by atoms with Crippen molar-refractivity contribution in [2.75, 3.05) is 5.32 Å². The summed E-state index contributed by atoms with van der Waals surface area (Å²) in [6.07, 6.45) is 3.36. The van der Waals surface area contributed by atoms with Gasteiger partial charge in [-0.2, -0.15) is 0 Å². The van der Waals surface area contributed by atoms with Crippen molar-refractivity contribution < 1.29 is 9.90 Å². The average molecular weight is 279 g/mol. The monoisotopic (exact) mass is 279 g/mol. The summed E-state index contributed by atoms with van der Waals surface area (Å²) in [5, 5.41) is 13.1. The molecule has 0 spiro atoms. The molecule has 2 N–H and O–H groups in total. The van der Waals surface area contributed by atoms with Crippen molar-refractivity contribution in [2.24, 2.45) is 0 Å². The second kappa shape index (κ2) is 5.97. The van der Waals surface area contributed by atoms with Crippen molar-refractivity contribution in [1.29, 1.82) is 0 Å². The summed E-state index contributed by atoms with van der Waals surface area (Å²) in [6, 6.07) is 1.94. The number of carbonyl (C=O) groups is 1. The Balaban J connectivity index is 2.25. The first kappa shape index (κ1) is 13.7. The van der Waals surface area contributed by atoms with Gasteiger partial charge in [0.2, 0.25) is 0 Å². The van der Waals surface area contributed by atoms with Gasteiger partial charge in [0, 0.05) is 10.9 Å². The van der Waals surface area contributed by atoms with Crippen LogP contribution in [0.4, 0.5) is 5.82 Å². The van der Waals surface area contributed by atoms with Crippen LogP contribution in [0.15, 0.2) is 12.4 Å². The van der Waals surface area contributed by atoms with Gasteiger partial charge in [-0.15, -0.1) is 11.3 Å². The molecule has 0 bridgehead atoms. The smallest absolute Gasteiger partial charge is 0.305 e. The maximum Gasteiger partial charge on any atom is 0.305 e. The number of carboxylic acid groups (broad SMARTS) is 1. The number of rotatable bonds is 6. The highest BCUT2D eigenvalue weighted by molar-refractivity contribution is 7.18. The van der Waals surface area contributed by atoms with E-state index in [-0.39, 0.29) is 12.5 Å². The minimum Gasteiger partial charge on any atom is -0.481 e. The quantitative estimate of drug-likeness (QED) is 0.850. The highest BCUT2D eigenvalue weighted by Gasteiger charge is 2.15. The molecule has 0 aromatic carbocycles. The molecule has 2 heterocycles. The number of aromatic nitrogens is 2. The first-order chi connectivity index (χ1) is 9.10. The molecule has 0 amide bonds. The van der Waals surface area contributed by atoms with Crippen molar-refractivity contribution in [3.05, 3.63) is 17.3 Å². The number of carboxylic acids is 1. The number of hydrogen-bond donors (Lipinski definition) is 2. The van der Waals surface area contributed by atoms with Gasteiger partial charge in [-0.25, -0.2) is 9.97 Å². The number of aryl methyl sites for hydroxylation is 1. The van der Waals surface area contributed by atoms with Gasteiger partial charge in [0.15, 0.2) is 0 Å². The molecule has 0 aliphatic heterocycles. The lowest BCUT2D eigenvalue weighted by Crippen LogP contribution is -2.23. The minimum absolute atomic E-state index is 0.0965. The Morgan fingerprint density at radius 2 is 2.32 bits per heavy atom. The highest BCUT2D eigenvalue weighted by Crippen LogP contribution is 2.28. The lowest BCUT2D eigenvalue weighted by atomic mass is 10.1. The van der Waals surface area contributed by atoms with Gasteiger partial charge in [-0.05, 0) is 19.4 Å². The van der Waals surface area contributed by atoms with Gasteiger partial charge in [0.1, 0.15) is 17.0 Å². The summed E-state index contributed by atoms with van der Waals surface area (Å²) in [5.41, 5.74) is 0. The van der Waals surface area contributed by atoms with Crippen LogP contribution in [0.2, 0.25) is 0 Å². The molecule has 0 saturated carbocycles. The molecule has 102 valence electrons. The third-order valence-corrected chi connectivity index (χ3v) is 3.81. The second-order valence-electron chi connectivity index (χ2n) is 4.53. The molecule has 1 unspecified atom stereocenters. The van der Waals surface area contributed by atoms with E-state index < -0.39 is 5.97 Å². The Morgan fingerprint density at radius 3 is 3.00 bits per heavy atom. The van der Waals surface area contributed by atoms with Crippen LogP contribution < -0.4 is 5.32 Å². The Hall–Kier alpha value is -1.69. The van der Waals surface area contributed by atoms with Crippen LogP contribution in [-0.4, -0.2) is 27.1 Å². The van der Waals surface area contributed by atoms with Crippen LogP contribution in [0, 0.1) is 6.92 Å². The highest BCUT2D eigenvalue weighted by atomic mass is 32.1. The number of hydrogen-bond acceptors (Lipinski definition) is 5. The van der Waals surface area contributed by atoms with E-state index in [4.69, 9.17) is 5.11 Å². The summed E-state index contributed by atoms with van der Waals surface area (Å²) in [5.74, 6) is -0.0631. The zero-order chi connectivity index (χ0) is 13.8. The summed E-state index contributed by atoms with van der Waals surface area (Å²) in [6.45, 7) is 4.07. The van der Waals surface area contributed by atoms with Gasteiger partial charge in [-0.1, -0.05) is 13.3 Å². The standard InChI is InChI=1S/C13H17N3O2S/c1-3-4-9(6-11(17)18)16-12-10-5-8(2)19-13(10)15-7-14-12/h5,7,9H,3-4,6H2,1-2H3,(H,17,18)(H,14,15,16). The van der Waals surface area contributed by atoms with E-state index in [1.165, 1.54) is 11.2 Å². The number of nitrogens with zero attached hydrogens (tertiary/aromatic N) is 2. The molecule has 0 radical (unpaired) electrons. The molecule has 19 heavy (non-hydrogen) atoms. The van der Waals surface area contributed by atoms with E-state index in [0.29, 0.717) is 0 Å². The second-order valence-corrected chi connectivity index (χ2v) is 5.76. The Bertz CT molecular complexity index is 582. The van der Waals surface area contributed by atoms with Crippen molar-refractivity contribution >= 4 is 33.3 Å². The van der Waals surface area contributed by atoms with Crippen molar-refractivity contribution in [3.63, 3.8) is 0 Å². The molecule has 2 aromatic rings. The molecule has 6 heteroatoms. The third kappa shape index (κ3) is 3.41. The summed E-state index contributed by atoms with van der Waals surface area (Å²) >= 11 is 1.61. The van der Waals surface area contributed by atoms with Crippen LogP contribution in [0.25, 0.3) is 10.2 Å². The van der Waals surface area contributed by atoms with Gasteiger partial charge in [0.05, 0.1) is 11.8 Å². The van der Waals surface area contributed by atoms with Crippen LogP contribution in [0.3, 0.4) is 0 Å². The Labute approximate surface area is 115 Å². The Morgan fingerprint density at radius 1 is 1.53 bits per heavy atom. The molecule has 0 aliphatic carbocycles. The maximum atomic E-state index is 10.9. The van der Waals surface area contributed by atoms with E-state index in [1.54, 1.807) is 11.3 Å². The Kier molecular flexibility index (Phi) is 4.31. The summed E-state index contributed by atoms with van der Waals surface area (Å²) < 4.78 is 0. The van der Waals surface area contributed by atoms with Crippen molar-refractivity contribution in [3.8, 4) is 0 Å². The fourth-order valence-electron chi connectivity index (χ4n) is 2.07. The predicted octanol–water partition coefficient (Wildman–Crippen LogP) is 3.06. The molecule has 1 atom stereocenters. The molecule has 5 nitrogen and oxygen atoms in total. The lowest BCUT2D eigenvalue weighted by molar-refractivity contribution is -0.137. The largest absolute Gasteiger partial charge is 0.481 e. The third-order valence-electron chi connectivity index (χ3n) is 2.85. The normalized spacial score (nSPS) is 12.5. The zero-order valence-electron chi connectivity index (χ0n) is 11.0. The average Bonchev–Trinajstić information content (AvgIpc) is 2.70. The zero-order valence-corrected chi connectivity index (χ0v) is 11.8. The van der Waals surface area contributed by atoms with Crippen LogP contribution >= 0.6 is 11.3 Å². The first-order valence-corrected chi connectivity index (χ1v) is 7.11. The molecule has 0 saturated heterocycles.